The Hall–Kier alpha value is -1.25. The lowest BCUT2D eigenvalue weighted by Gasteiger charge is -2.23. The molecule has 0 bridgehead atoms. The maximum Gasteiger partial charge on any atom is 0.0451 e. The van der Waals surface area contributed by atoms with Gasteiger partial charge in [0.05, 0.1) is 0 Å². The summed E-state index contributed by atoms with van der Waals surface area (Å²) in [7, 11) is 0. The van der Waals surface area contributed by atoms with Crippen molar-refractivity contribution in [1.82, 2.24) is 0 Å². The van der Waals surface area contributed by atoms with E-state index in [1.54, 1.807) is 0 Å². The molecule has 0 spiro atoms. The van der Waals surface area contributed by atoms with Crippen LogP contribution in [0.5, 0.6) is 0 Å². The van der Waals surface area contributed by atoms with Crippen molar-refractivity contribution in [2.45, 2.75) is 44.2 Å². The molecule has 0 aliphatic heterocycles. The Kier molecular flexibility index (Phi) is 5.89. The van der Waals surface area contributed by atoms with Gasteiger partial charge in [0.25, 0.3) is 0 Å². The van der Waals surface area contributed by atoms with Crippen LogP contribution in [0.4, 0.5) is 0 Å². The normalized spacial score (nSPS) is 13.9. The number of benzene rings is 2. The fourth-order valence-corrected chi connectivity index (χ4v) is 3.77. The van der Waals surface area contributed by atoms with Crippen LogP contribution in [0.3, 0.4) is 0 Å². The summed E-state index contributed by atoms with van der Waals surface area (Å²) in [5.74, 6) is 1.01. The number of hydrogen-bond donors (Lipinski definition) is 1. The van der Waals surface area contributed by atoms with Gasteiger partial charge >= 0.3 is 0 Å². The lowest BCUT2D eigenvalue weighted by molar-refractivity contribution is 0.634. The molecule has 2 rings (SSSR count). The molecule has 0 saturated heterocycles. The minimum atomic E-state index is 0.197. The molecule has 2 atom stereocenters. The Morgan fingerprint density at radius 1 is 1.00 bits per heavy atom. The van der Waals surface area contributed by atoms with Gasteiger partial charge in [-0.15, -0.1) is 11.8 Å². The van der Waals surface area contributed by atoms with Gasteiger partial charge in [-0.3, -0.25) is 0 Å². The topological polar surface area (TPSA) is 26.0 Å². The van der Waals surface area contributed by atoms with E-state index >= 15 is 0 Å². The van der Waals surface area contributed by atoms with Gasteiger partial charge in [-0.1, -0.05) is 66.6 Å². The van der Waals surface area contributed by atoms with Gasteiger partial charge in [0.1, 0.15) is 0 Å². The Bertz CT molecular complexity index is 562. The summed E-state index contributed by atoms with van der Waals surface area (Å²) in [5.41, 5.74) is 11.7. The van der Waals surface area contributed by atoms with Crippen molar-refractivity contribution in [3.63, 3.8) is 0 Å². The molecule has 21 heavy (non-hydrogen) atoms. The van der Waals surface area contributed by atoms with Crippen LogP contribution in [0.25, 0.3) is 0 Å². The second-order valence-electron chi connectivity index (χ2n) is 5.70. The molecule has 2 aromatic carbocycles. The van der Waals surface area contributed by atoms with Gasteiger partial charge in [0.2, 0.25) is 0 Å². The van der Waals surface area contributed by atoms with Crippen molar-refractivity contribution < 1.29 is 0 Å². The summed E-state index contributed by atoms with van der Waals surface area (Å²) in [6.07, 6.45) is 0.999. The van der Waals surface area contributed by atoms with Crippen LogP contribution < -0.4 is 5.73 Å². The highest BCUT2D eigenvalue weighted by Crippen LogP contribution is 2.35. The Labute approximate surface area is 133 Å². The lowest BCUT2D eigenvalue weighted by atomic mass is 10.0. The maximum atomic E-state index is 6.36. The quantitative estimate of drug-likeness (QED) is 0.811. The van der Waals surface area contributed by atoms with Crippen LogP contribution >= 0.6 is 11.8 Å². The average Bonchev–Trinajstić information content (AvgIpc) is 2.49. The third-order valence-electron chi connectivity index (χ3n) is 3.78. The summed E-state index contributed by atoms with van der Waals surface area (Å²) in [6, 6.07) is 17.7. The van der Waals surface area contributed by atoms with Crippen LogP contribution in [0.15, 0.2) is 48.5 Å². The lowest BCUT2D eigenvalue weighted by Crippen LogP contribution is -2.25. The minimum absolute atomic E-state index is 0.197. The molecule has 2 N–H and O–H groups in total. The molecule has 1 nitrogen and oxygen atoms in total. The van der Waals surface area contributed by atoms with E-state index in [4.69, 9.17) is 5.73 Å². The molecule has 0 saturated carbocycles. The van der Waals surface area contributed by atoms with Crippen molar-refractivity contribution in [3.05, 3.63) is 70.8 Å². The molecule has 0 radical (unpaired) electrons. The van der Waals surface area contributed by atoms with Crippen molar-refractivity contribution in [3.8, 4) is 0 Å². The highest BCUT2D eigenvalue weighted by atomic mass is 32.2. The SMILES string of the molecule is CCC(N)C(SCc1cccc(C)c1)c1ccc(C)cc1. The second kappa shape index (κ2) is 7.67. The van der Waals surface area contributed by atoms with Gasteiger partial charge in [0, 0.05) is 17.0 Å². The van der Waals surface area contributed by atoms with E-state index in [0.29, 0.717) is 5.25 Å². The van der Waals surface area contributed by atoms with E-state index in [0.717, 1.165) is 12.2 Å². The molecule has 112 valence electrons. The summed E-state index contributed by atoms with van der Waals surface area (Å²) >= 11 is 1.95. The minimum Gasteiger partial charge on any atom is -0.326 e. The number of hydrogen-bond acceptors (Lipinski definition) is 2. The molecule has 0 heterocycles. The summed E-state index contributed by atoms with van der Waals surface area (Å²) in [4.78, 5) is 0. The molecular weight excluding hydrogens is 274 g/mol. The smallest absolute Gasteiger partial charge is 0.0451 e. The molecule has 2 aromatic rings. The van der Waals surface area contributed by atoms with E-state index in [9.17, 15) is 0 Å². The Morgan fingerprint density at radius 3 is 2.33 bits per heavy atom. The number of thioether (sulfide) groups is 1. The fourth-order valence-electron chi connectivity index (χ4n) is 2.43. The first-order valence-electron chi connectivity index (χ1n) is 7.59. The standard InChI is InChI=1S/C19H25NS/c1-4-18(20)19(17-10-8-14(2)9-11-17)21-13-16-7-5-6-15(3)12-16/h5-12,18-19H,4,13,20H2,1-3H3. The number of rotatable bonds is 6. The highest BCUT2D eigenvalue weighted by Gasteiger charge is 2.19. The van der Waals surface area contributed by atoms with E-state index in [2.05, 4.69) is 69.3 Å². The number of aryl methyl sites for hydroxylation is 2. The molecule has 2 heteroatoms. The molecule has 0 aliphatic rings. The predicted octanol–water partition coefficient (Wildman–Crippen LogP) is 5.02. The van der Waals surface area contributed by atoms with Gasteiger partial charge in [-0.2, -0.15) is 0 Å². The second-order valence-corrected chi connectivity index (χ2v) is 6.83. The van der Waals surface area contributed by atoms with Gasteiger partial charge in [0.15, 0.2) is 0 Å². The van der Waals surface area contributed by atoms with E-state index < -0.39 is 0 Å². The summed E-state index contributed by atoms with van der Waals surface area (Å²) in [6.45, 7) is 6.43. The summed E-state index contributed by atoms with van der Waals surface area (Å²) in [5, 5.41) is 0.358. The molecule has 0 aliphatic carbocycles. The Morgan fingerprint density at radius 2 is 1.71 bits per heavy atom. The van der Waals surface area contributed by atoms with Crippen LogP contribution in [-0.4, -0.2) is 6.04 Å². The van der Waals surface area contributed by atoms with Crippen LogP contribution in [0.1, 0.15) is 40.8 Å². The number of nitrogens with two attached hydrogens (primary N) is 1. The van der Waals surface area contributed by atoms with Crippen molar-refractivity contribution in [2.75, 3.05) is 0 Å². The van der Waals surface area contributed by atoms with Gasteiger partial charge in [-0.05, 0) is 31.4 Å². The van der Waals surface area contributed by atoms with Gasteiger partial charge < -0.3 is 5.73 Å². The molecule has 2 unspecified atom stereocenters. The van der Waals surface area contributed by atoms with Crippen LogP contribution in [0, 0.1) is 13.8 Å². The molecule has 0 amide bonds. The maximum absolute atomic E-state index is 6.36. The zero-order valence-electron chi connectivity index (χ0n) is 13.2. The third-order valence-corrected chi connectivity index (χ3v) is 5.26. The van der Waals surface area contributed by atoms with Crippen LogP contribution in [0.2, 0.25) is 0 Å². The molecule has 0 fully saturated rings. The monoisotopic (exact) mass is 299 g/mol. The van der Waals surface area contributed by atoms with Crippen molar-refractivity contribution in [2.24, 2.45) is 5.73 Å². The van der Waals surface area contributed by atoms with Crippen molar-refractivity contribution in [1.29, 1.82) is 0 Å². The summed E-state index contributed by atoms with van der Waals surface area (Å²) < 4.78 is 0. The van der Waals surface area contributed by atoms with Crippen molar-refractivity contribution >= 4 is 11.8 Å². The van der Waals surface area contributed by atoms with E-state index in [-0.39, 0.29) is 6.04 Å². The zero-order valence-corrected chi connectivity index (χ0v) is 14.0. The predicted molar refractivity (Wildman–Crippen MR) is 94.7 cm³/mol. The first-order chi connectivity index (χ1) is 10.1. The van der Waals surface area contributed by atoms with E-state index in [1.165, 1.54) is 22.3 Å². The average molecular weight is 299 g/mol. The third kappa shape index (κ3) is 4.62. The first-order valence-corrected chi connectivity index (χ1v) is 8.64. The fraction of sp³-hybridized carbons (Fsp3) is 0.368. The highest BCUT2D eigenvalue weighted by molar-refractivity contribution is 7.98. The zero-order chi connectivity index (χ0) is 15.2. The Balaban J connectivity index is 2.11. The van der Waals surface area contributed by atoms with Crippen LogP contribution in [-0.2, 0) is 5.75 Å². The first kappa shape index (κ1) is 16.1. The molecular formula is C19H25NS. The van der Waals surface area contributed by atoms with E-state index in [1.807, 2.05) is 11.8 Å². The molecule has 0 aromatic heterocycles. The van der Waals surface area contributed by atoms with Gasteiger partial charge in [-0.25, -0.2) is 0 Å². The largest absolute Gasteiger partial charge is 0.326 e.